The Kier molecular flexibility index (Phi) is 4.57. The van der Waals surface area contributed by atoms with E-state index in [-0.39, 0.29) is 30.0 Å². The van der Waals surface area contributed by atoms with Crippen LogP contribution in [0.25, 0.3) is 0 Å². The molecule has 3 aliphatic carbocycles. The Balaban J connectivity index is 1.81. The third kappa shape index (κ3) is 3.41. The van der Waals surface area contributed by atoms with Gasteiger partial charge in [0.2, 0.25) is 0 Å². The van der Waals surface area contributed by atoms with E-state index in [1.807, 2.05) is 0 Å². The van der Waals surface area contributed by atoms with Gasteiger partial charge in [-0.3, -0.25) is 4.79 Å². The molecule has 0 amide bonds. The summed E-state index contributed by atoms with van der Waals surface area (Å²) in [7, 11) is -1.06. The van der Waals surface area contributed by atoms with Crippen molar-refractivity contribution in [1.82, 2.24) is 0 Å². The number of carbonyl (C=O) groups is 1. The minimum Gasteiger partial charge on any atom is -0.356 e. The number of fused-ring (bicyclic) bond motifs is 3. The Labute approximate surface area is 123 Å². The standard InChI is InChI=1S/C16H28O3Si/c1-12-10-16(2)7-6-13(12)14(17)15(16)19-11-18-8-9-20(3,4)5/h13,15H,1,6-11H2,2-5H3. The summed E-state index contributed by atoms with van der Waals surface area (Å²) < 4.78 is 11.4. The van der Waals surface area contributed by atoms with E-state index in [2.05, 4.69) is 33.1 Å². The van der Waals surface area contributed by atoms with E-state index < -0.39 is 8.07 Å². The molecule has 3 saturated carbocycles. The molecule has 0 spiro atoms. The fraction of sp³-hybridized carbons (Fsp3) is 0.812. The summed E-state index contributed by atoms with van der Waals surface area (Å²) >= 11 is 0. The van der Waals surface area contributed by atoms with Gasteiger partial charge in [0.25, 0.3) is 0 Å². The monoisotopic (exact) mass is 296 g/mol. The summed E-state index contributed by atoms with van der Waals surface area (Å²) in [5.74, 6) is 0.257. The van der Waals surface area contributed by atoms with Crippen molar-refractivity contribution in [2.75, 3.05) is 13.4 Å². The minimum atomic E-state index is -1.06. The van der Waals surface area contributed by atoms with Gasteiger partial charge in [-0.15, -0.1) is 0 Å². The number of hydrogen-bond donors (Lipinski definition) is 0. The van der Waals surface area contributed by atoms with Crippen LogP contribution in [0.4, 0.5) is 0 Å². The van der Waals surface area contributed by atoms with Crippen molar-refractivity contribution in [3.8, 4) is 0 Å². The first-order valence-electron chi connectivity index (χ1n) is 7.64. The van der Waals surface area contributed by atoms with Crippen LogP contribution in [-0.2, 0) is 14.3 Å². The van der Waals surface area contributed by atoms with E-state index in [0.717, 1.165) is 37.5 Å². The summed E-state index contributed by atoms with van der Waals surface area (Å²) in [5.41, 5.74) is 1.04. The summed E-state index contributed by atoms with van der Waals surface area (Å²) in [6.45, 7) is 14.2. The van der Waals surface area contributed by atoms with Gasteiger partial charge < -0.3 is 9.47 Å². The van der Waals surface area contributed by atoms with Gasteiger partial charge in [-0.25, -0.2) is 0 Å². The van der Waals surface area contributed by atoms with Crippen molar-refractivity contribution in [3.63, 3.8) is 0 Å². The van der Waals surface area contributed by atoms with Crippen LogP contribution < -0.4 is 0 Å². The second-order valence-corrected chi connectivity index (χ2v) is 13.5. The Hall–Kier alpha value is -0.453. The second-order valence-electron chi connectivity index (χ2n) is 7.87. The lowest BCUT2D eigenvalue weighted by Gasteiger charge is -2.49. The fourth-order valence-electron chi connectivity index (χ4n) is 3.34. The third-order valence-electron chi connectivity index (χ3n) is 4.68. The van der Waals surface area contributed by atoms with Crippen molar-refractivity contribution in [2.24, 2.45) is 11.3 Å². The molecule has 0 aromatic carbocycles. The highest BCUT2D eigenvalue weighted by atomic mass is 28.3. The van der Waals surface area contributed by atoms with Crippen LogP contribution >= 0.6 is 0 Å². The molecule has 3 aliphatic rings. The van der Waals surface area contributed by atoms with E-state index in [9.17, 15) is 4.79 Å². The largest absolute Gasteiger partial charge is 0.356 e. The van der Waals surface area contributed by atoms with Gasteiger partial charge >= 0.3 is 0 Å². The average molecular weight is 296 g/mol. The quantitative estimate of drug-likeness (QED) is 0.325. The smallest absolute Gasteiger partial charge is 0.169 e. The van der Waals surface area contributed by atoms with E-state index in [4.69, 9.17) is 9.47 Å². The third-order valence-corrected chi connectivity index (χ3v) is 6.38. The van der Waals surface area contributed by atoms with Gasteiger partial charge in [0.05, 0.1) is 0 Å². The topological polar surface area (TPSA) is 35.5 Å². The SMILES string of the molecule is C=C1CC2(C)CCC1C(=O)C2OCOCC[Si](C)(C)C. The van der Waals surface area contributed by atoms with Gasteiger partial charge in [0.15, 0.2) is 5.78 Å². The van der Waals surface area contributed by atoms with E-state index in [1.165, 1.54) is 0 Å². The lowest BCUT2D eigenvalue weighted by molar-refractivity contribution is -0.172. The van der Waals surface area contributed by atoms with Gasteiger partial charge in [-0.2, -0.15) is 0 Å². The molecule has 3 atom stereocenters. The summed E-state index contributed by atoms with van der Waals surface area (Å²) in [4.78, 5) is 12.4. The molecule has 2 bridgehead atoms. The predicted molar refractivity (Wildman–Crippen MR) is 83.4 cm³/mol. The Morgan fingerprint density at radius 2 is 2.10 bits per heavy atom. The predicted octanol–water partition coefficient (Wildman–Crippen LogP) is 3.63. The molecule has 0 heterocycles. The lowest BCUT2D eigenvalue weighted by atomic mass is 9.57. The van der Waals surface area contributed by atoms with E-state index in [1.54, 1.807) is 0 Å². The molecular formula is C16H28O3Si. The molecule has 3 rings (SSSR count). The molecule has 0 N–H and O–H groups in total. The number of ketones is 1. The van der Waals surface area contributed by atoms with E-state index >= 15 is 0 Å². The molecule has 0 aromatic heterocycles. The molecular weight excluding hydrogens is 268 g/mol. The lowest BCUT2D eigenvalue weighted by Crippen LogP contribution is -2.53. The first kappa shape index (κ1) is 15.9. The summed E-state index contributed by atoms with van der Waals surface area (Å²) in [6.07, 6.45) is 2.63. The molecule has 4 heteroatoms. The minimum absolute atomic E-state index is 0.0313. The number of carbonyl (C=O) groups excluding carboxylic acids is 1. The maximum absolute atomic E-state index is 12.4. The number of ether oxygens (including phenoxy) is 2. The fourth-order valence-corrected chi connectivity index (χ4v) is 4.10. The zero-order valence-electron chi connectivity index (χ0n) is 13.3. The van der Waals surface area contributed by atoms with Crippen LogP contribution in [-0.4, -0.2) is 33.4 Å². The highest BCUT2D eigenvalue weighted by Crippen LogP contribution is 2.51. The number of hydrogen-bond acceptors (Lipinski definition) is 3. The van der Waals surface area contributed by atoms with Crippen molar-refractivity contribution >= 4 is 13.9 Å². The number of Topliss-reactive ketones (excluding diaryl/α,β-unsaturated/α-hetero) is 1. The van der Waals surface area contributed by atoms with Crippen molar-refractivity contribution in [1.29, 1.82) is 0 Å². The molecule has 3 fully saturated rings. The molecule has 0 saturated heterocycles. The Morgan fingerprint density at radius 1 is 1.40 bits per heavy atom. The van der Waals surface area contributed by atoms with Crippen molar-refractivity contribution in [2.45, 2.75) is 58.0 Å². The molecule has 3 nitrogen and oxygen atoms in total. The van der Waals surface area contributed by atoms with Crippen LogP contribution in [0.5, 0.6) is 0 Å². The maximum Gasteiger partial charge on any atom is 0.169 e. The zero-order valence-corrected chi connectivity index (χ0v) is 14.3. The maximum atomic E-state index is 12.4. The zero-order chi connectivity index (χ0) is 15.0. The Bertz CT molecular complexity index is 399. The summed E-state index contributed by atoms with van der Waals surface area (Å²) in [6, 6.07) is 1.13. The van der Waals surface area contributed by atoms with Crippen LogP contribution in [0, 0.1) is 11.3 Å². The van der Waals surface area contributed by atoms with Crippen LogP contribution in [0.15, 0.2) is 12.2 Å². The molecule has 20 heavy (non-hydrogen) atoms. The second kappa shape index (κ2) is 5.74. The van der Waals surface area contributed by atoms with Gasteiger partial charge in [0.1, 0.15) is 12.9 Å². The van der Waals surface area contributed by atoms with Gasteiger partial charge in [0, 0.05) is 26.0 Å². The molecule has 0 radical (unpaired) electrons. The van der Waals surface area contributed by atoms with Crippen molar-refractivity contribution < 1.29 is 14.3 Å². The first-order chi connectivity index (χ1) is 9.23. The average Bonchev–Trinajstić information content (AvgIpc) is 2.30. The Morgan fingerprint density at radius 3 is 2.65 bits per heavy atom. The number of allylic oxidation sites excluding steroid dienone is 1. The van der Waals surface area contributed by atoms with Crippen LogP contribution in [0.2, 0.25) is 25.7 Å². The molecule has 0 aromatic rings. The van der Waals surface area contributed by atoms with Gasteiger partial charge in [-0.05, 0) is 25.3 Å². The van der Waals surface area contributed by atoms with Crippen LogP contribution in [0.1, 0.15) is 26.2 Å². The van der Waals surface area contributed by atoms with Crippen LogP contribution in [0.3, 0.4) is 0 Å². The summed E-state index contributed by atoms with van der Waals surface area (Å²) in [5, 5.41) is 0. The molecule has 0 aliphatic heterocycles. The highest BCUT2D eigenvalue weighted by Gasteiger charge is 2.52. The van der Waals surface area contributed by atoms with Gasteiger partial charge in [-0.1, -0.05) is 38.7 Å². The van der Waals surface area contributed by atoms with Crippen molar-refractivity contribution in [3.05, 3.63) is 12.2 Å². The van der Waals surface area contributed by atoms with E-state index in [0.29, 0.717) is 0 Å². The number of rotatable bonds is 6. The highest BCUT2D eigenvalue weighted by molar-refractivity contribution is 6.76. The molecule has 114 valence electrons. The molecule has 3 unspecified atom stereocenters. The normalized spacial score (nSPS) is 33.8. The first-order valence-corrected chi connectivity index (χ1v) is 11.3.